The van der Waals surface area contributed by atoms with Crippen molar-refractivity contribution in [1.82, 2.24) is 0 Å². The van der Waals surface area contributed by atoms with Crippen molar-refractivity contribution in [2.45, 2.75) is 129 Å². The Balaban J connectivity index is 4.19. The van der Waals surface area contributed by atoms with Crippen LogP contribution in [0.1, 0.15) is 124 Å². The third kappa shape index (κ3) is 12.4. The lowest BCUT2D eigenvalue weighted by Crippen LogP contribution is -2.26. The summed E-state index contributed by atoms with van der Waals surface area (Å²) >= 11 is 0. The average molecular weight is 324 g/mol. The zero-order valence-corrected chi connectivity index (χ0v) is 16.2. The number of hydrogen-bond acceptors (Lipinski definition) is 1. The summed E-state index contributed by atoms with van der Waals surface area (Å²) in [6.45, 7) is 6.73. The van der Waals surface area contributed by atoms with E-state index in [1.807, 2.05) is 0 Å². The Labute approximate surface area is 145 Å². The van der Waals surface area contributed by atoms with Crippen LogP contribution < -0.4 is 0 Å². The van der Waals surface area contributed by atoms with Crippen LogP contribution in [0.15, 0.2) is 5.11 Å². The van der Waals surface area contributed by atoms with Crippen molar-refractivity contribution in [3.05, 3.63) is 10.4 Å². The molecule has 0 heterocycles. The lowest BCUT2D eigenvalue weighted by atomic mass is 9.83. The number of unbranched alkanes of at least 4 members (excludes halogenated alkanes) is 10. The highest BCUT2D eigenvalue weighted by Crippen LogP contribution is 2.32. The molecule has 1 unspecified atom stereocenters. The highest BCUT2D eigenvalue weighted by atomic mass is 15.2. The molecule has 0 aromatic heterocycles. The van der Waals surface area contributed by atoms with Crippen molar-refractivity contribution in [1.29, 1.82) is 0 Å². The second-order valence-corrected chi connectivity index (χ2v) is 7.20. The molecule has 0 spiro atoms. The fourth-order valence-corrected chi connectivity index (χ4v) is 3.42. The van der Waals surface area contributed by atoms with Crippen LogP contribution in [0.4, 0.5) is 0 Å². The van der Waals surface area contributed by atoms with Gasteiger partial charge in [-0.2, -0.15) is 0 Å². The van der Waals surface area contributed by atoms with Gasteiger partial charge in [0, 0.05) is 10.5 Å². The van der Waals surface area contributed by atoms with E-state index in [1.165, 1.54) is 83.5 Å². The molecule has 136 valence electrons. The van der Waals surface area contributed by atoms with E-state index in [0.717, 1.165) is 19.3 Å². The monoisotopic (exact) mass is 323 g/mol. The van der Waals surface area contributed by atoms with Gasteiger partial charge >= 0.3 is 0 Å². The number of azide groups is 1. The number of rotatable bonds is 17. The smallest absolute Gasteiger partial charge is 0.0488 e. The fourth-order valence-electron chi connectivity index (χ4n) is 3.42. The second kappa shape index (κ2) is 16.2. The molecule has 0 saturated carbocycles. The van der Waals surface area contributed by atoms with Crippen molar-refractivity contribution in [3.63, 3.8) is 0 Å². The van der Waals surface area contributed by atoms with Crippen LogP contribution >= 0.6 is 0 Å². The van der Waals surface area contributed by atoms with Gasteiger partial charge in [0.05, 0.1) is 0 Å². The largest absolute Gasteiger partial charge is 0.0873 e. The van der Waals surface area contributed by atoms with Gasteiger partial charge in [0.2, 0.25) is 0 Å². The standard InChI is InChI=1S/C20H41N3/c1-4-7-10-11-12-13-14-16-19-20(22-23-21,17-9-6-3)18-15-8-5-2/h4-19H2,1-3H3. The zero-order valence-electron chi connectivity index (χ0n) is 16.2. The zero-order chi connectivity index (χ0) is 17.2. The predicted molar refractivity (Wildman–Crippen MR) is 103 cm³/mol. The van der Waals surface area contributed by atoms with Gasteiger partial charge in [-0.05, 0) is 24.8 Å². The van der Waals surface area contributed by atoms with E-state index in [2.05, 4.69) is 30.8 Å². The normalized spacial score (nSPS) is 13.5. The third-order valence-corrected chi connectivity index (χ3v) is 4.99. The van der Waals surface area contributed by atoms with Crippen molar-refractivity contribution >= 4 is 0 Å². The van der Waals surface area contributed by atoms with Crippen LogP contribution in [-0.4, -0.2) is 5.54 Å². The van der Waals surface area contributed by atoms with Gasteiger partial charge in [-0.3, -0.25) is 0 Å². The first-order valence-corrected chi connectivity index (χ1v) is 10.3. The maximum Gasteiger partial charge on any atom is 0.0488 e. The van der Waals surface area contributed by atoms with E-state index >= 15 is 0 Å². The molecule has 0 amide bonds. The fraction of sp³-hybridized carbons (Fsp3) is 1.00. The molecule has 23 heavy (non-hydrogen) atoms. The van der Waals surface area contributed by atoms with Crippen molar-refractivity contribution in [2.75, 3.05) is 0 Å². The third-order valence-electron chi connectivity index (χ3n) is 4.99. The molecule has 0 N–H and O–H groups in total. The molecule has 1 atom stereocenters. The molecule has 0 fully saturated rings. The Kier molecular flexibility index (Phi) is 15.7. The van der Waals surface area contributed by atoms with Crippen LogP contribution in [-0.2, 0) is 0 Å². The second-order valence-electron chi connectivity index (χ2n) is 7.20. The summed E-state index contributed by atoms with van der Waals surface area (Å²) in [4.78, 5) is 3.21. The molecule has 3 nitrogen and oxygen atoms in total. The summed E-state index contributed by atoms with van der Waals surface area (Å²) in [5.41, 5.74) is 8.94. The molecule has 0 aromatic rings. The summed E-state index contributed by atoms with van der Waals surface area (Å²) in [5, 5.41) is 4.30. The van der Waals surface area contributed by atoms with Crippen LogP contribution in [0.25, 0.3) is 10.4 Å². The minimum absolute atomic E-state index is 0.0951. The van der Waals surface area contributed by atoms with Gasteiger partial charge in [-0.15, -0.1) is 0 Å². The Morgan fingerprint density at radius 3 is 1.52 bits per heavy atom. The van der Waals surface area contributed by atoms with Crippen LogP contribution in [0, 0.1) is 0 Å². The lowest BCUT2D eigenvalue weighted by Gasteiger charge is -2.29. The molecular weight excluding hydrogens is 282 g/mol. The van der Waals surface area contributed by atoms with Gasteiger partial charge in [0.15, 0.2) is 0 Å². The molecule has 0 rings (SSSR count). The minimum atomic E-state index is -0.0951. The quantitative estimate of drug-likeness (QED) is 0.112. The van der Waals surface area contributed by atoms with Crippen molar-refractivity contribution in [2.24, 2.45) is 5.11 Å². The first kappa shape index (κ1) is 22.3. The molecule has 0 aliphatic rings. The van der Waals surface area contributed by atoms with Crippen LogP contribution in [0.3, 0.4) is 0 Å². The molecule has 0 aromatic carbocycles. The lowest BCUT2D eigenvalue weighted by molar-refractivity contribution is 0.306. The predicted octanol–water partition coefficient (Wildman–Crippen LogP) is 8.34. The Bertz CT molecular complexity index is 297. The van der Waals surface area contributed by atoms with E-state index in [-0.39, 0.29) is 5.54 Å². The van der Waals surface area contributed by atoms with Gasteiger partial charge in [0.25, 0.3) is 0 Å². The Hall–Kier alpha value is -0.690. The summed E-state index contributed by atoms with van der Waals surface area (Å²) in [7, 11) is 0. The SMILES string of the molecule is CCCCCCCCCCC(CCCC)(CCCCC)N=[N+]=[N-]. The molecule has 3 heteroatoms. The van der Waals surface area contributed by atoms with E-state index in [0.29, 0.717) is 0 Å². The first-order valence-electron chi connectivity index (χ1n) is 10.3. The summed E-state index contributed by atoms with van der Waals surface area (Å²) < 4.78 is 0. The summed E-state index contributed by atoms with van der Waals surface area (Å²) in [5.74, 6) is 0. The van der Waals surface area contributed by atoms with Gasteiger partial charge in [-0.1, -0.05) is 109 Å². The van der Waals surface area contributed by atoms with Crippen LogP contribution in [0.2, 0.25) is 0 Å². The average Bonchev–Trinajstić information content (AvgIpc) is 2.56. The Morgan fingerprint density at radius 1 is 0.609 bits per heavy atom. The molecular formula is C20H41N3. The molecule has 0 bridgehead atoms. The Morgan fingerprint density at radius 2 is 1.00 bits per heavy atom. The summed E-state index contributed by atoms with van der Waals surface area (Å²) in [6, 6.07) is 0. The van der Waals surface area contributed by atoms with Gasteiger partial charge in [0.1, 0.15) is 0 Å². The maximum atomic E-state index is 9.04. The summed E-state index contributed by atoms with van der Waals surface area (Å²) in [6.07, 6.45) is 20.1. The van der Waals surface area contributed by atoms with Crippen LogP contribution in [0.5, 0.6) is 0 Å². The van der Waals surface area contributed by atoms with E-state index in [4.69, 9.17) is 5.53 Å². The van der Waals surface area contributed by atoms with Crippen molar-refractivity contribution in [3.8, 4) is 0 Å². The highest BCUT2D eigenvalue weighted by Gasteiger charge is 2.27. The first-order chi connectivity index (χ1) is 11.2. The van der Waals surface area contributed by atoms with Gasteiger partial charge in [-0.25, -0.2) is 0 Å². The van der Waals surface area contributed by atoms with E-state index in [9.17, 15) is 0 Å². The topological polar surface area (TPSA) is 48.8 Å². The number of hydrogen-bond donors (Lipinski definition) is 0. The molecule has 0 radical (unpaired) electrons. The number of nitrogens with zero attached hydrogens (tertiary/aromatic N) is 3. The molecule has 0 saturated heterocycles. The van der Waals surface area contributed by atoms with Crippen molar-refractivity contribution < 1.29 is 0 Å². The minimum Gasteiger partial charge on any atom is -0.0873 e. The van der Waals surface area contributed by atoms with E-state index in [1.54, 1.807) is 0 Å². The molecule has 0 aliphatic heterocycles. The van der Waals surface area contributed by atoms with E-state index < -0.39 is 0 Å². The van der Waals surface area contributed by atoms with Gasteiger partial charge < -0.3 is 0 Å². The highest BCUT2D eigenvalue weighted by molar-refractivity contribution is 4.88. The molecule has 0 aliphatic carbocycles. The maximum absolute atomic E-state index is 9.04.